The molecule has 0 bridgehead atoms. The van der Waals surface area contributed by atoms with Gasteiger partial charge in [0.15, 0.2) is 0 Å². The molecular weight excluding hydrogens is 332 g/mol. The number of aryl methyl sites for hydroxylation is 1. The summed E-state index contributed by atoms with van der Waals surface area (Å²) in [7, 11) is 0. The number of carbonyl (C=O) groups is 2. The first kappa shape index (κ1) is 19.2. The Kier molecular flexibility index (Phi) is 6.50. The number of hydrogen-bond acceptors (Lipinski definition) is 4. The fraction of sp³-hybridized carbons (Fsp3) is 0.200. The highest BCUT2D eigenvalue weighted by Gasteiger charge is 2.25. The summed E-state index contributed by atoms with van der Waals surface area (Å²) in [4.78, 5) is 23.6. The van der Waals surface area contributed by atoms with Gasteiger partial charge in [0, 0.05) is 16.7 Å². The SMILES string of the molecule is Cc1ccc(C#Cc2ccc(C(=O)N[C@H](C(=O)NO)[C@H](C)O)cc2)cc1. The zero-order valence-corrected chi connectivity index (χ0v) is 14.5. The smallest absolute Gasteiger partial charge is 0.268 e. The molecule has 0 saturated heterocycles. The van der Waals surface area contributed by atoms with Gasteiger partial charge in [-0.1, -0.05) is 29.5 Å². The molecule has 0 radical (unpaired) electrons. The van der Waals surface area contributed by atoms with Crippen molar-refractivity contribution < 1.29 is 19.9 Å². The zero-order valence-electron chi connectivity index (χ0n) is 14.5. The van der Waals surface area contributed by atoms with Gasteiger partial charge in [-0.3, -0.25) is 14.8 Å². The van der Waals surface area contributed by atoms with Crippen LogP contribution in [0.4, 0.5) is 0 Å². The first-order chi connectivity index (χ1) is 12.4. The third-order valence-corrected chi connectivity index (χ3v) is 3.71. The molecule has 6 nitrogen and oxygen atoms in total. The topological polar surface area (TPSA) is 98.7 Å². The van der Waals surface area contributed by atoms with E-state index in [9.17, 15) is 14.7 Å². The van der Waals surface area contributed by atoms with Crippen LogP contribution in [0.1, 0.15) is 34.0 Å². The Morgan fingerprint density at radius 1 is 0.962 bits per heavy atom. The lowest BCUT2D eigenvalue weighted by atomic mass is 10.1. The quantitative estimate of drug-likeness (QED) is 0.380. The Morgan fingerprint density at radius 2 is 1.46 bits per heavy atom. The van der Waals surface area contributed by atoms with Crippen molar-refractivity contribution in [3.05, 3.63) is 70.8 Å². The van der Waals surface area contributed by atoms with Crippen LogP contribution in [-0.2, 0) is 4.79 Å². The van der Waals surface area contributed by atoms with Crippen LogP contribution in [0.2, 0.25) is 0 Å². The molecule has 0 saturated carbocycles. The molecule has 0 heterocycles. The van der Waals surface area contributed by atoms with E-state index >= 15 is 0 Å². The first-order valence-electron chi connectivity index (χ1n) is 8.02. The lowest BCUT2D eigenvalue weighted by Crippen LogP contribution is -2.51. The van der Waals surface area contributed by atoms with Crippen LogP contribution in [-0.4, -0.2) is 34.3 Å². The normalized spacial score (nSPS) is 12.3. The molecule has 0 spiro atoms. The van der Waals surface area contributed by atoms with Gasteiger partial charge in [-0.25, -0.2) is 5.48 Å². The summed E-state index contributed by atoms with van der Waals surface area (Å²) in [6.07, 6.45) is -1.16. The van der Waals surface area contributed by atoms with E-state index in [0.717, 1.165) is 16.7 Å². The van der Waals surface area contributed by atoms with Crippen LogP contribution in [0.3, 0.4) is 0 Å². The number of rotatable bonds is 4. The van der Waals surface area contributed by atoms with E-state index in [0.29, 0.717) is 5.56 Å². The Bertz CT molecular complexity index is 831. The number of amides is 2. The van der Waals surface area contributed by atoms with E-state index in [2.05, 4.69) is 17.2 Å². The van der Waals surface area contributed by atoms with Crippen molar-refractivity contribution in [3.8, 4) is 11.8 Å². The summed E-state index contributed by atoms with van der Waals surface area (Å²) in [6, 6.07) is 13.1. The molecular formula is C20H20N2O4. The van der Waals surface area contributed by atoms with Crippen LogP contribution in [0.25, 0.3) is 0 Å². The van der Waals surface area contributed by atoms with Gasteiger partial charge >= 0.3 is 0 Å². The molecule has 26 heavy (non-hydrogen) atoms. The van der Waals surface area contributed by atoms with E-state index in [1.165, 1.54) is 12.4 Å². The van der Waals surface area contributed by atoms with Crippen LogP contribution in [0.15, 0.2) is 48.5 Å². The molecule has 2 aromatic carbocycles. The van der Waals surface area contributed by atoms with Gasteiger partial charge in [0.2, 0.25) is 0 Å². The molecule has 0 unspecified atom stereocenters. The van der Waals surface area contributed by atoms with Crippen LogP contribution in [0.5, 0.6) is 0 Å². The molecule has 2 atom stereocenters. The average Bonchev–Trinajstić information content (AvgIpc) is 2.65. The summed E-state index contributed by atoms with van der Waals surface area (Å²) in [5.41, 5.74) is 4.52. The minimum absolute atomic E-state index is 0.308. The second kappa shape index (κ2) is 8.81. The van der Waals surface area contributed by atoms with Gasteiger partial charge < -0.3 is 10.4 Å². The summed E-state index contributed by atoms with van der Waals surface area (Å²) < 4.78 is 0. The van der Waals surface area contributed by atoms with Crippen molar-refractivity contribution in [3.63, 3.8) is 0 Å². The second-order valence-electron chi connectivity index (χ2n) is 5.86. The predicted octanol–water partition coefficient (Wildman–Crippen LogP) is 1.38. The van der Waals surface area contributed by atoms with Gasteiger partial charge in [-0.2, -0.15) is 0 Å². The van der Waals surface area contributed by atoms with E-state index < -0.39 is 24.0 Å². The number of aliphatic hydroxyl groups is 1. The van der Waals surface area contributed by atoms with Gasteiger partial charge in [0.1, 0.15) is 6.04 Å². The highest BCUT2D eigenvalue weighted by Crippen LogP contribution is 2.06. The van der Waals surface area contributed by atoms with Gasteiger partial charge in [-0.05, 0) is 50.2 Å². The summed E-state index contributed by atoms with van der Waals surface area (Å²) in [5, 5.41) is 20.6. The van der Waals surface area contributed by atoms with E-state index in [1.54, 1.807) is 24.3 Å². The first-order valence-corrected chi connectivity index (χ1v) is 8.02. The molecule has 6 heteroatoms. The Morgan fingerprint density at radius 3 is 1.92 bits per heavy atom. The number of aliphatic hydroxyl groups excluding tert-OH is 1. The lowest BCUT2D eigenvalue weighted by molar-refractivity contribution is -0.133. The predicted molar refractivity (Wildman–Crippen MR) is 96.5 cm³/mol. The number of hydroxylamine groups is 1. The fourth-order valence-corrected chi connectivity index (χ4v) is 2.19. The molecule has 4 N–H and O–H groups in total. The van der Waals surface area contributed by atoms with E-state index in [4.69, 9.17) is 5.21 Å². The largest absolute Gasteiger partial charge is 0.391 e. The number of benzene rings is 2. The molecule has 2 amide bonds. The molecule has 2 aromatic rings. The number of hydrogen-bond donors (Lipinski definition) is 4. The molecule has 134 valence electrons. The molecule has 0 aliphatic rings. The minimum atomic E-state index is -1.26. The second-order valence-corrected chi connectivity index (χ2v) is 5.86. The molecule has 0 aliphatic carbocycles. The third kappa shape index (κ3) is 5.18. The molecule has 0 aromatic heterocycles. The van der Waals surface area contributed by atoms with Crippen molar-refractivity contribution in [2.75, 3.05) is 0 Å². The van der Waals surface area contributed by atoms with Gasteiger partial charge in [-0.15, -0.1) is 0 Å². The van der Waals surface area contributed by atoms with E-state index in [1.807, 2.05) is 31.2 Å². The maximum absolute atomic E-state index is 12.2. The van der Waals surface area contributed by atoms with Gasteiger partial charge in [0.05, 0.1) is 6.10 Å². The molecule has 0 fully saturated rings. The standard InChI is InChI=1S/C20H20N2O4/c1-13-3-5-15(6-4-13)7-8-16-9-11-17(12-10-16)19(24)21-18(14(2)23)20(25)22-26/h3-6,9-12,14,18,23,26H,1-2H3,(H,21,24)(H,22,25)/t14-,18-/m0/s1. The maximum atomic E-state index is 12.2. The highest BCUT2D eigenvalue weighted by molar-refractivity contribution is 5.97. The van der Waals surface area contributed by atoms with Crippen LogP contribution >= 0.6 is 0 Å². The monoisotopic (exact) mass is 352 g/mol. The van der Waals surface area contributed by atoms with E-state index in [-0.39, 0.29) is 0 Å². The Labute approximate surface area is 151 Å². The van der Waals surface area contributed by atoms with Crippen molar-refractivity contribution in [2.45, 2.75) is 26.0 Å². The third-order valence-electron chi connectivity index (χ3n) is 3.71. The van der Waals surface area contributed by atoms with Crippen molar-refractivity contribution in [1.29, 1.82) is 0 Å². The zero-order chi connectivity index (χ0) is 19.1. The Hall–Kier alpha value is -3.14. The van der Waals surface area contributed by atoms with Gasteiger partial charge in [0.25, 0.3) is 11.8 Å². The highest BCUT2D eigenvalue weighted by atomic mass is 16.5. The maximum Gasteiger partial charge on any atom is 0.268 e. The van der Waals surface area contributed by atoms with Crippen molar-refractivity contribution in [2.24, 2.45) is 0 Å². The minimum Gasteiger partial charge on any atom is -0.391 e. The number of carbonyl (C=O) groups excluding carboxylic acids is 2. The fourth-order valence-electron chi connectivity index (χ4n) is 2.19. The van der Waals surface area contributed by atoms with Crippen LogP contribution < -0.4 is 10.8 Å². The summed E-state index contributed by atoms with van der Waals surface area (Å²) in [6.45, 7) is 3.34. The number of nitrogens with one attached hydrogen (secondary N) is 2. The Balaban J connectivity index is 2.08. The van der Waals surface area contributed by atoms with Crippen molar-refractivity contribution in [1.82, 2.24) is 10.8 Å². The molecule has 0 aliphatic heterocycles. The average molecular weight is 352 g/mol. The summed E-state index contributed by atoms with van der Waals surface area (Å²) in [5.74, 6) is 4.62. The summed E-state index contributed by atoms with van der Waals surface area (Å²) >= 11 is 0. The lowest BCUT2D eigenvalue weighted by Gasteiger charge is -2.19. The van der Waals surface area contributed by atoms with Crippen molar-refractivity contribution >= 4 is 11.8 Å². The molecule has 2 rings (SSSR count). The van der Waals surface area contributed by atoms with Crippen LogP contribution in [0, 0.1) is 18.8 Å².